The Bertz CT molecular complexity index is 813. The van der Waals surface area contributed by atoms with E-state index in [2.05, 4.69) is 49.2 Å². The molecule has 23 heavy (non-hydrogen) atoms. The predicted octanol–water partition coefficient (Wildman–Crippen LogP) is 5.79. The quantitative estimate of drug-likeness (QED) is 0.653. The van der Waals surface area contributed by atoms with Gasteiger partial charge in [0, 0.05) is 11.6 Å². The molecule has 0 N–H and O–H groups in total. The highest BCUT2D eigenvalue weighted by molar-refractivity contribution is 5.97. The molecule has 1 nitrogen and oxygen atoms in total. The molecular weight excluding hydrogens is 278 g/mol. The van der Waals surface area contributed by atoms with Crippen molar-refractivity contribution in [3.63, 3.8) is 0 Å². The summed E-state index contributed by atoms with van der Waals surface area (Å²) in [5.41, 5.74) is 6.38. The van der Waals surface area contributed by atoms with E-state index in [1.54, 1.807) is 0 Å². The summed E-state index contributed by atoms with van der Waals surface area (Å²) in [6.07, 6.45) is 17.4. The van der Waals surface area contributed by atoms with E-state index in [1.807, 2.05) is 0 Å². The molecule has 116 valence electrons. The molecule has 0 spiro atoms. The third-order valence-corrected chi connectivity index (χ3v) is 5.10. The van der Waals surface area contributed by atoms with Crippen LogP contribution in [0, 0.1) is 0 Å². The average Bonchev–Trinajstić information content (AvgIpc) is 2.61. The average molecular weight is 301 g/mol. The lowest BCUT2D eigenvalue weighted by molar-refractivity contribution is 0.712. The lowest BCUT2D eigenvalue weighted by atomic mass is 9.88. The molecular formula is C22H23N. The number of nitrogens with zero attached hydrogens (tertiary/aromatic N) is 1. The second kappa shape index (κ2) is 6.16. The van der Waals surface area contributed by atoms with Gasteiger partial charge in [-0.2, -0.15) is 0 Å². The molecule has 0 bridgehead atoms. The summed E-state index contributed by atoms with van der Waals surface area (Å²) in [7, 11) is 0. The maximum absolute atomic E-state index is 4.75. The van der Waals surface area contributed by atoms with Crippen molar-refractivity contribution in [2.45, 2.75) is 44.9 Å². The van der Waals surface area contributed by atoms with Crippen LogP contribution in [0.25, 0.3) is 16.3 Å². The molecule has 2 aromatic rings. The van der Waals surface area contributed by atoms with Crippen molar-refractivity contribution in [3.05, 3.63) is 71.6 Å². The number of rotatable bonds is 3. The molecule has 0 radical (unpaired) electrons. The topological polar surface area (TPSA) is 12.9 Å². The van der Waals surface area contributed by atoms with Crippen LogP contribution in [-0.4, -0.2) is 4.98 Å². The van der Waals surface area contributed by atoms with Crippen molar-refractivity contribution < 1.29 is 0 Å². The van der Waals surface area contributed by atoms with Gasteiger partial charge >= 0.3 is 0 Å². The van der Waals surface area contributed by atoms with Gasteiger partial charge in [0.1, 0.15) is 0 Å². The van der Waals surface area contributed by atoms with Crippen LogP contribution < -0.4 is 0 Å². The molecule has 0 amide bonds. The van der Waals surface area contributed by atoms with Crippen molar-refractivity contribution in [1.82, 2.24) is 4.98 Å². The summed E-state index contributed by atoms with van der Waals surface area (Å²) < 4.78 is 0. The summed E-state index contributed by atoms with van der Waals surface area (Å²) in [5, 5.41) is 2.70. The molecule has 0 unspecified atom stereocenters. The normalized spacial score (nSPS) is 17.5. The van der Waals surface area contributed by atoms with E-state index in [0.29, 0.717) is 0 Å². The fraction of sp³-hybridized carbons (Fsp3) is 0.318. The second-order valence-corrected chi connectivity index (χ2v) is 6.71. The minimum atomic E-state index is 1.02. The van der Waals surface area contributed by atoms with E-state index in [-0.39, 0.29) is 0 Å². The highest BCUT2D eigenvalue weighted by atomic mass is 14.7. The van der Waals surface area contributed by atoms with E-state index < -0.39 is 0 Å². The van der Waals surface area contributed by atoms with Gasteiger partial charge in [0.25, 0.3) is 0 Å². The molecule has 0 saturated carbocycles. The van der Waals surface area contributed by atoms with Crippen LogP contribution in [0.5, 0.6) is 0 Å². The Morgan fingerprint density at radius 3 is 2.83 bits per heavy atom. The standard InChI is InChI=1S/C22H23N/c1-16(13-14-17-7-3-2-4-8-17)22-20-12-6-10-18-9-5-11-19(15-23-22)21(18)20/h6-7,10,12-15H,1-5,8-9,11H2. The minimum Gasteiger partial charge on any atom is -0.255 e. The van der Waals surface area contributed by atoms with E-state index in [0.717, 1.165) is 17.7 Å². The Morgan fingerprint density at radius 1 is 1.04 bits per heavy atom. The molecule has 4 rings (SSSR count). The van der Waals surface area contributed by atoms with E-state index >= 15 is 0 Å². The van der Waals surface area contributed by atoms with Gasteiger partial charge in [-0.05, 0) is 67.0 Å². The largest absolute Gasteiger partial charge is 0.255 e. The minimum absolute atomic E-state index is 1.02. The van der Waals surface area contributed by atoms with Crippen molar-refractivity contribution in [2.24, 2.45) is 0 Å². The van der Waals surface area contributed by atoms with Gasteiger partial charge in [-0.3, -0.25) is 4.98 Å². The summed E-state index contributed by atoms with van der Waals surface area (Å²) >= 11 is 0. The first-order valence-corrected chi connectivity index (χ1v) is 8.79. The first kappa shape index (κ1) is 14.4. The Labute approximate surface area is 138 Å². The maximum Gasteiger partial charge on any atom is 0.0774 e. The first-order valence-electron chi connectivity index (χ1n) is 8.79. The zero-order valence-corrected chi connectivity index (χ0v) is 13.6. The monoisotopic (exact) mass is 301 g/mol. The number of pyridine rings is 1. The second-order valence-electron chi connectivity index (χ2n) is 6.71. The molecule has 2 aliphatic rings. The number of benzene rings is 1. The molecule has 0 fully saturated rings. The zero-order chi connectivity index (χ0) is 15.6. The van der Waals surface area contributed by atoms with Crippen LogP contribution in [0.1, 0.15) is 48.9 Å². The fourth-order valence-electron chi connectivity index (χ4n) is 3.88. The van der Waals surface area contributed by atoms with Crippen LogP contribution in [0.3, 0.4) is 0 Å². The van der Waals surface area contributed by atoms with E-state index in [9.17, 15) is 0 Å². The summed E-state index contributed by atoms with van der Waals surface area (Å²) in [6.45, 7) is 4.29. The highest BCUT2D eigenvalue weighted by Crippen LogP contribution is 2.33. The number of allylic oxidation sites excluding steroid dienone is 5. The summed E-state index contributed by atoms with van der Waals surface area (Å²) in [6, 6.07) is 6.63. The van der Waals surface area contributed by atoms with Crippen LogP contribution >= 0.6 is 0 Å². The third kappa shape index (κ3) is 2.76. The summed E-state index contributed by atoms with van der Waals surface area (Å²) in [5.74, 6) is 0. The van der Waals surface area contributed by atoms with Gasteiger partial charge in [0.05, 0.1) is 5.69 Å². The van der Waals surface area contributed by atoms with Crippen molar-refractivity contribution in [2.75, 3.05) is 0 Å². The Balaban J connectivity index is 1.72. The molecule has 0 aliphatic heterocycles. The first-order chi connectivity index (χ1) is 11.3. The van der Waals surface area contributed by atoms with Gasteiger partial charge in [-0.25, -0.2) is 0 Å². The van der Waals surface area contributed by atoms with E-state index in [4.69, 9.17) is 4.98 Å². The molecule has 1 aromatic heterocycles. The lowest BCUT2D eigenvalue weighted by Crippen LogP contribution is -2.04. The summed E-state index contributed by atoms with van der Waals surface area (Å²) in [4.78, 5) is 4.75. The molecule has 0 saturated heterocycles. The SMILES string of the molecule is C=C(C=CC1=CCCCC1)c1ncc2c3c(cccc13)CCC2. The fourth-order valence-corrected chi connectivity index (χ4v) is 3.88. The number of aryl methyl sites for hydroxylation is 2. The van der Waals surface area contributed by atoms with Gasteiger partial charge in [-0.1, -0.05) is 48.6 Å². The lowest BCUT2D eigenvalue weighted by Gasteiger charge is -2.18. The van der Waals surface area contributed by atoms with Crippen molar-refractivity contribution >= 4 is 16.3 Å². The van der Waals surface area contributed by atoms with Gasteiger partial charge < -0.3 is 0 Å². The number of hydrogen-bond acceptors (Lipinski definition) is 1. The van der Waals surface area contributed by atoms with Crippen molar-refractivity contribution in [3.8, 4) is 0 Å². The van der Waals surface area contributed by atoms with Gasteiger partial charge in [0.15, 0.2) is 0 Å². The maximum atomic E-state index is 4.75. The molecule has 1 heteroatoms. The van der Waals surface area contributed by atoms with Crippen LogP contribution in [0.2, 0.25) is 0 Å². The van der Waals surface area contributed by atoms with Crippen LogP contribution in [0.15, 0.2) is 54.8 Å². The van der Waals surface area contributed by atoms with Gasteiger partial charge in [0.2, 0.25) is 0 Å². The van der Waals surface area contributed by atoms with Crippen LogP contribution in [-0.2, 0) is 12.8 Å². The third-order valence-electron chi connectivity index (χ3n) is 5.10. The highest BCUT2D eigenvalue weighted by Gasteiger charge is 2.15. The smallest absolute Gasteiger partial charge is 0.0774 e. The Hall–Kier alpha value is -2.15. The van der Waals surface area contributed by atoms with Gasteiger partial charge in [-0.15, -0.1) is 0 Å². The number of aromatic nitrogens is 1. The molecule has 1 aromatic carbocycles. The number of hydrogen-bond donors (Lipinski definition) is 0. The predicted molar refractivity (Wildman–Crippen MR) is 98.5 cm³/mol. The van der Waals surface area contributed by atoms with E-state index in [1.165, 1.54) is 66.0 Å². The zero-order valence-electron chi connectivity index (χ0n) is 13.6. The van der Waals surface area contributed by atoms with Crippen LogP contribution in [0.4, 0.5) is 0 Å². The molecule has 2 aliphatic carbocycles. The Morgan fingerprint density at radius 2 is 1.96 bits per heavy atom. The van der Waals surface area contributed by atoms with Crippen molar-refractivity contribution in [1.29, 1.82) is 0 Å². The molecule has 0 atom stereocenters. The Kier molecular flexibility index (Phi) is 3.87. The molecule has 1 heterocycles.